The second-order valence-electron chi connectivity index (χ2n) is 5.33. The van der Waals surface area contributed by atoms with Crippen LogP contribution in [0, 0.1) is 0 Å². The number of ether oxygens (including phenoxy) is 2. The van der Waals surface area contributed by atoms with Crippen LogP contribution in [0.25, 0.3) is 0 Å². The van der Waals surface area contributed by atoms with E-state index in [4.69, 9.17) is 9.47 Å². The van der Waals surface area contributed by atoms with Gasteiger partial charge in [-0.05, 0) is 35.6 Å². The molecule has 2 aromatic rings. The second kappa shape index (κ2) is 7.64. The molecule has 0 N–H and O–H groups in total. The standard InChI is InChI=1S/C19H22O3/c1-4-14(2)16-10-11-18(17(12-16)19(20)21-3)22-13-15-8-6-5-7-9-15/h5-12,14H,4,13H2,1-3H3. The van der Waals surface area contributed by atoms with E-state index in [1.165, 1.54) is 7.11 Å². The molecule has 0 aromatic heterocycles. The van der Waals surface area contributed by atoms with E-state index in [0.29, 0.717) is 23.8 Å². The molecule has 22 heavy (non-hydrogen) atoms. The van der Waals surface area contributed by atoms with Crippen molar-refractivity contribution in [3.05, 3.63) is 65.2 Å². The van der Waals surface area contributed by atoms with E-state index >= 15 is 0 Å². The average Bonchev–Trinajstić information content (AvgIpc) is 2.59. The molecule has 0 aliphatic rings. The van der Waals surface area contributed by atoms with Gasteiger partial charge in [-0.3, -0.25) is 0 Å². The van der Waals surface area contributed by atoms with E-state index in [-0.39, 0.29) is 5.97 Å². The van der Waals surface area contributed by atoms with E-state index < -0.39 is 0 Å². The maximum atomic E-state index is 12.0. The van der Waals surface area contributed by atoms with Gasteiger partial charge >= 0.3 is 5.97 Å². The van der Waals surface area contributed by atoms with Gasteiger partial charge < -0.3 is 9.47 Å². The molecule has 0 saturated heterocycles. The van der Waals surface area contributed by atoms with Crippen LogP contribution in [0.3, 0.4) is 0 Å². The van der Waals surface area contributed by atoms with Gasteiger partial charge in [-0.15, -0.1) is 0 Å². The van der Waals surface area contributed by atoms with Crippen molar-refractivity contribution in [2.24, 2.45) is 0 Å². The van der Waals surface area contributed by atoms with Gasteiger partial charge in [0.25, 0.3) is 0 Å². The van der Waals surface area contributed by atoms with Gasteiger partial charge in [0.1, 0.15) is 17.9 Å². The summed E-state index contributed by atoms with van der Waals surface area (Å²) in [5, 5.41) is 0. The summed E-state index contributed by atoms with van der Waals surface area (Å²) >= 11 is 0. The zero-order chi connectivity index (χ0) is 15.9. The number of esters is 1. The summed E-state index contributed by atoms with van der Waals surface area (Å²) in [6, 6.07) is 15.6. The molecule has 0 heterocycles. The van der Waals surface area contributed by atoms with Gasteiger partial charge in [0.15, 0.2) is 0 Å². The smallest absolute Gasteiger partial charge is 0.341 e. The Balaban J connectivity index is 2.24. The third-order valence-electron chi connectivity index (χ3n) is 3.83. The molecule has 1 atom stereocenters. The Labute approximate surface area is 131 Å². The molecule has 0 fully saturated rings. The average molecular weight is 298 g/mol. The lowest BCUT2D eigenvalue weighted by atomic mass is 9.96. The van der Waals surface area contributed by atoms with Crippen LogP contribution < -0.4 is 4.74 Å². The van der Waals surface area contributed by atoms with Crippen molar-refractivity contribution in [2.45, 2.75) is 32.8 Å². The van der Waals surface area contributed by atoms with Crippen LogP contribution >= 0.6 is 0 Å². The number of hydrogen-bond donors (Lipinski definition) is 0. The van der Waals surface area contributed by atoms with Gasteiger partial charge in [-0.2, -0.15) is 0 Å². The number of hydrogen-bond acceptors (Lipinski definition) is 3. The van der Waals surface area contributed by atoms with Gasteiger partial charge in [0, 0.05) is 0 Å². The molecule has 2 rings (SSSR count). The normalized spacial score (nSPS) is 11.8. The van der Waals surface area contributed by atoms with Crippen molar-refractivity contribution in [3.8, 4) is 5.75 Å². The molecular formula is C19H22O3. The van der Waals surface area contributed by atoms with Crippen LogP contribution in [0.15, 0.2) is 48.5 Å². The van der Waals surface area contributed by atoms with Gasteiger partial charge in [-0.25, -0.2) is 4.79 Å². The fourth-order valence-corrected chi connectivity index (χ4v) is 2.22. The minimum atomic E-state index is -0.367. The lowest BCUT2D eigenvalue weighted by Gasteiger charge is -2.14. The minimum Gasteiger partial charge on any atom is -0.488 e. The van der Waals surface area contributed by atoms with Gasteiger partial charge in [-0.1, -0.05) is 50.2 Å². The molecule has 0 amide bonds. The SMILES string of the molecule is CCC(C)c1ccc(OCc2ccccc2)c(C(=O)OC)c1. The molecule has 116 valence electrons. The van der Waals surface area contributed by atoms with E-state index in [9.17, 15) is 4.79 Å². The molecular weight excluding hydrogens is 276 g/mol. The van der Waals surface area contributed by atoms with E-state index in [2.05, 4.69) is 13.8 Å². The fraction of sp³-hybridized carbons (Fsp3) is 0.316. The summed E-state index contributed by atoms with van der Waals surface area (Å²) in [6.07, 6.45) is 1.02. The van der Waals surface area contributed by atoms with Crippen molar-refractivity contribution < 1.29 is 14.3 Å². The number of carbonyl (C=O) groups is 1. The first-order chi connectivity index (χ1) is 10.7. The zero-order valence-corrected chi connectivity index (χ0v) is 13.3. The lowest BCUT2D eigenvalue weighted by Crippen LogP contribution is -2.07. The Morgan fingerprint density at radius 2 is 1.86 bits per heavy atom. The van der Waals surface area contributed by atoms with Crippen LogP contribution in [-0.4, -0.2) is 13.1 Å². The van der Waals surface area contributed by atoms with Crippen LogP contribution in [0.4, 0.5) is 0 Å². The summed E-state index contributed by atoms with van der Waals surface area (Å²) in [7, 11) is 1.39. The molecule has 0 radical (unpaired) electrons. The Morgan fingerprint density at radius 1 is 1.14 bits per heavy atom. The first-order valence-corrected chi connectivity index (χ1v) is 7.54. The Kier molecular flexibility index (Phi) is 5.59. The predicted octanol–water partition coefficient (Wildman–Crippen LogP) is 4.57. The molecule has 2 aromatic carbocycles. The first kappa shape index (κ1) is 16.1. The van der Waals surface area contributed by atoms with Crippen LogP contribution in [-0.2, 0) is 11.3 Å². The monoisotopic (exact) mass is 298 g/mol. The van der Waals surface area contributed by atoms with E-state index in [1.54, 1.807) is 0 Å². The Morgan fingerprint density at radius 3 is 2.50 bits per heavy atom. The molecule has 0 aliphatic carbocycles. The van der Waals surface area contributed by atoms with Crippen molar-refractivity contribution in [1.82, 2.24) is 0 Å². The summed E-state index contributed by atoms with van der Waals surface area (Å²) in [4.78, 5) is 12.0. The van der Waals surface area contributed by atoms with Crippen LogP contribution in [0.5, 0.6) is 5.75 Å². The highest BCUT2D eigenvalue weighted by Crippen LogP contribution is 2.27. The molecule has 0 aliphatic heterocycles. The Hall–Kier alpha value is -2.29. The van der Waals surface area contributed by atoms with Crippen molar-refractivity contribution >= 4 is 5.97 Å². The highest BCUT2D eigenvalue weighted by atomic mass is 16.5. The number of benzene rings is 2. The van der Waals surface area contributed by atoms with E-state index in [1.807, 2.05) is 48.5 Å². The number of carbonyl (C=O) groups excluding carboxylic acids is 1. The molecule has 0 spiro atoms. The second-order valence-corrected chi connectivity index (χ2v) is 5.33. The van der Waals surface area contributed by atoms with E-state index in [0.717, 1.165) is 17.5 Å². The number of rotatable bonds is 6. The maximum absolute atomic E-state index is 12.0. The number of methoxy groups -OCH3 is 1. The highest BCUT2D eigenvalue weighted by Gasteiger charge is 2.16. The molecule has 3 nitrogen and oxygen atoms in total. The molecule has 0 saturated carbocycles. The third kappa shape index (κ3) is 3.88. The lowest BCUT2D eigenvalue weighted by molar-refractivity contribution is 0.0595. The topological polar surface area (TPSA) is 35.5 Å². The van der Waals surface area contributed by atoms with Gasteiger partial charge in [0.2, 0.25) is 0 Å². The molecule has 1 unspecified atom stereocenters. The van der Waals surface area contributed by atoms with Gasteiger partial charge in [0.05, 0.1) is 7.11 Å². The van der Waals surface area contributed by atoms with Crippen LogP contribution in [0.1, 0.15) is 47.7 Å². The fourth-order valence-electron chi connectivity index (χ4n) is 2.22. The summed E-state index contributed by atoms with van der Waals surface area (Å²) < 4.78 is 10.7. The van der Waals surface area contributed by atoms with Crippen molar-refractivity contribution in [2.75, 3.05) is 7.11 Å². The minimum absolute atomic E-state index is 0.367. The summed E-state index contributed by atoms with van der Waals surface area (Å²) in [5.41, 5.74) is 2.66. The Bertz CT molecular complexity index is 620. The predicted molar refractivity (Wildman–Crippen MR) is 87.3 cm³/mol. The maximum Gasteiger partial charge on any atom is 0.341 e. The molecule has 0 bridgehead atoms. The summed E-state index contributed by atoms with van der Waals surface area (Å²) in [5.74, 6) is 0.586. The third-order valence-corrected chi connectivity index (χ3v) is 3.83. The van der Waals surface area contributed by atoms with Crippen LogP contribution in [0.2, 0.25) is 0 Å². The van der Waals surface area contributed by atoms with Crippen molar-refractivity contribution in [1.29, 1.82) is 0 Å². The largest absolute Gasteiger partial charge is 0.488 e. The molecule has 3 heteroatoms. The zero-order valence-electron chi connectivity index (χ0n) is 13.3. The highest BCUT2D eigenvalue weighted by molar-refractivity contribution is 5.92. The summed E-state index contributed by atoms with van der Waals surface area (Å²) in [6.45, 7) is 4.69. The van der Waals surface area contributed by atoms with Crippen molar-refractivity contribution in [3.63, 3.8) is 0 Å². The first-order valence-electron chi connectivity index (χ1n) is 7.54. The quantitative estimate of drug-likeness (QED) is 0.733.